The summed E-state index contributed by atoms with van der Waals surface area (Å²) in [5.74, 6) is 4.23. The van der Waals surface area contributed by atoms with Crippen molar-refractivity contribution in [1.29, 1.82) is 0 Å². The third-order valence-electron chi connectivity index (χ3n) is 17.7. The fourth-order valence-corrected chi connectivity index (χ4v) is 15.0. The third-order valence-corrected chi connectivity index (χ3v) is 17.7. The van der Waals surface area contributed by atoms with E-state index in [9.17, 15) is 24.0 Å². The zero-order valence-electron chi connectivity index (χ0n) is 33.9. The van der Waals surface area contributed by atoms with E-state index in [1.807, 2.05) is 19.1 Å². The predicted octanol–water partition coefficient (Wildman–Crippen LogP) is 9.50. The van der Waals surface area contributed by atoms with Crippen LogP contribution in [0.1, 0.15) is 158 Å². The molecular weight excluding hydrogens is 664 g/mol. The van der Waals surface area contributed by atoms with E-state index in [-0.39, 0.29) is 51.3 Å². The average molecular weight is 731 g/mol. The maximum absolute atomic E-state index is 12.8. The highest BCUT2D eigenvalue weighted by atomic mass is 16.6. The quantitative estimate of drug-likeness (QED) is 0.266. The molecule has 8 rings (SSSR count). The molecule has 0 radical (unpaired) electrons. The molecule has 0 unspecified atom stereocenters. The van der Waals surface area contributed by atoms with Crippen LogP contribution in [0.4, 0.5) is 0 Å². The lowest BCUT2D eigenvalue weighted by Crippen LogP contribution is -2.59. The minimum Gasteiger partial charge on any atom is -0.462 e. The van der Waals surface area contributed by atoms with Gasteiger partial charge >= 0.3 is 11.9 Å². The predicted molar refractivity (Wildman–Crippen MR) is 203 cm³/mol. The largest absolute Gasteiger partial charge is 0.462 e. The number of fused-ring (bicyclic) bond motifs is 10. The van der Waals surface area contributed by atoms with Crippen molar-refractivity contribution in [2.24, 2.45) is 63.1 Å². The van der Waals surface area contributed by atoms with Crippen molar-refractivity contribution in [2.75, 3.05) is 0 Å². The SMILES string of the molecule is CC(=O)O[C@]1(C(C)=O)CC[C@H]2[C@@H]3C[C@H](C)C4=CC(=O)CC[C@]4(C)[C@H]3CC[C@@]21C.CCC(=O)O[C@H]1CC[C@H]2[C@@H]3CCC4=CC(=O)CC[C@]4(C)[C@H]3CC[C@]12C. The van der Waals surface area contributed by atoms with Gasteiger partial charge in [-0.05, 0) is 155 Å². The number of carbonyl (C=O) groups is 5. The standard InChI is InChI=1S/C24H34O4.C22H32O3/c1-14-12-18-19(22(4)9-6-17(27)13-21(14)22)7-10-23(5)20(18)8-11-24(23,15(2)25)28-16(3)26;1-4-20(24)25-19-8-7-17-16-6-5-14-13-15(23)9-11-21(14,2)18(16)10-12-22(17,19)3/h13-14,18-20H,6-12H2,1-5H3;13,16-19H,4-12H2,1-3H3/t14-,18+,19-,20-,22+,23-,24-;16-,17-,18-,19-,21-,22-/m00/s1. The Morgan fingerprint density at radius 1 is 0.717 bits per heavy atom. The summed E-state index contributed by atoms with van der Waals surface area (Å²) in [6, 6.07) is 0. The van der Waals surface area contributed by atoms with Crippen LogP contribution in [0.3, 0.4) is 0 Å². The Balaban J connectivity index is 0.000000165. The maximum Gasteiger partial charge on any atom is 0.305 e. The van der Waals surface area contributed by atoms with Crippen molar-refractivity contribution in [2.45, 2.75) is 170 Å². The van der Waals surface area contributed by atoms with E-state index >= 15 is 0 Å². The summed E-state index contributed by atoms with van der Waals surface area (Å²) >= 11 is 0. The number of rotatable bonds is 4. The lowest BCUT2D eigenvalue weighted by Gasteiger charge is -2.60. The van der Waals surface area contributed by atoms with Crippen molar-refractivity contribution in [1.82, 2.24) is 0 Å². The van der Waals surface area contributed by atoms with E-state index < -0.39 is 5.60 Å². The number of ketones is 3. The van der Waals surface area contributed by atoms with Gasteiger partial charge in [0.15, 0.2) is 23.0 Å². The summed E-state index contributed by atoms with van der Waals surface area (Å²) in [6.45, 7) is 16.6. The van der Waals surface area contributed by atoms with Crippen molar-refractivity contribution in [3.05, 3.63) is 23.3 Å². The van der Waals surface area contributed by atoms with Crippen LogP contribution < -0.4 is 0 Å². The maximum atomic E-state index is 12.8. The first-order valence-corrected chi connectivity index (χ1v) is 21.3. The highest BCUT2D eigenvalue weighted by molar-refractivity contribution is 5.92. The Hall–Kier alpha value is -2.57. The molecule has 0 spiro atoms. The zero-order chi connectivity index (χ0) is 38.3. The van der Waals surface area contributed by atoms with Gasteiger partial charge in [-0.2, -0.15) is 0 Å². The molecule has 0 aromatic heterocycles. The lowest BCUT2D eigenvalue weighted by molar-refractivity contribution is -0.187. The first-order valence-electron chi connectivity index (χ1n) is 21.3. The van der Waals surface area contributed by atoms with Crippen molar-refractivity contribution in [3.63, 3.8) is 0 Å². The molecule has 0 bridgehead atoms. The highest BCUT2D eigenvalue weighted by Gasteiger charge is 2.68. The molecule has 53 heavy (non-hydrogen) atoms. The molecule has 13 atom stereocenters. The van der Waals surface area contributed by atoms with Crippen molar-refractivity contribution >= 4 is 29.3 Å². The second-order valence-corrected chi connectivity index (χ2v) is 19.9. The molecule has 7 heteroatoms. The molecule has 0 heterocycles. The monoisotopic (exact) mass is 730 g/mol. The van der Waals surface area contributed by atoms with Crippen LogP contribution in [0.2, 0.25) is 0 Å². The molecule has 0 saturated heterocycles. The topological polar surface area (TPSA) is 104 Å². The van der Waals surface area contributed by atoms with E-state index in [1.165, 1.54) is 37.3 Å². The van der Waals surface area contributed by atoms with Crippen LogP contribution in [0.15, 0.2) is 23.3 Å². The molecule has 0 amide bonds. The van der Waals surface area contributed by atoms with Gasteiger partial charge in [-0.15, -0.1) is 0 Å². The van der Waals surface area contributed by atoms with Crippen LogP contribution >= 0.6 is 0 Å². The normalized spacial score (nSPS) is 46.7. The minimum atomic E-state index is -0.961. The number of allylic oxidation sites excluding steroid dienone is 2. The van der Waals surface area contributed by atoms with Gasteiger partial charge in [-0.25, -0.2) is 0 Å². The van der Waals surface area contributed by atoms with E-state index in [0.717, 1.165) is 70.1 Å². The summed E-state index contributed by atoms with van der Waals surface area (Å²) in [4.78, 5) is 60.6. The number of hydrogen-bond donors (Lipinski definition) is 0. The van der Waals surface area contributed by atoms with Crippen LogP contribution in [0.5, 0.6) is 0 Å². The van der Waals surface area contributed by atoms with Crippen LogP contribution in [0, 0.1) is 63.1 Å². The van der Waals surface area contributed by atoms with E-state index in [4.69, 9.17) is 9.47 Å². The smallest absolute Gasteiger partial charge is 0.305 e. The Bertz CT molecular complexity index is 1620. The van der Waals surface area contributed by atoms with Gasteiger partial charge in [0.2, 0.25) is 0 Å². The molecule has 0 N–H and O–H groups in total. The fourth-order valence-electron chi connectivity index (χ4n) is 15.0. The van der Waals surface area contributed by atoms with Gasteiger partial charge in [0.25, 0.3) is 0 Å². The summed E-state index contributed by atoms with van der Waals surface area (Å²) in [7, 11) is 0. The van der Waals surface area contributed by atoms with Gasteiger partial charge < -0.3 is 9.47 Å². The molecule has 0 aromatic rings. The van der Waals surface area contributed by atoms with E-state index in [1.54, 1.807) is 6.92 Å². The highest BCUT2D eigenvalue weighted by Crippen LogP contribution is 2.69. The Labute approximate surface area is 318 Å². The third kappa shape index (κ3) is 5.89. The molecule has 8 aliphatic rings. The second kappa shape index (κ2) is 13.6. The van der Waals surface area contributed by atoms with Crippen LogP contribution in [-0.4, -0.2) is 41.0 Å². The Morgan fingerprint density at radius 2 is 1.36 bits per heavy atom. The minimum absolute atomic E-state index is 0.00469. The number of hydrogen-bond acceptors (Lipinski definition) is 7. The summed E-state index contributed by atoms with van der Waals surface area (Å²) in [5.41, 5.74) is 2.04. The van der Waals surface area contributed by atoms with E-state index in [2.05, 4.69) is 34.6 Å². The molecule has 8 aliphatic carbocycles. The molecule has 292 valence electrons. The van der Waals surface area contributed by atoms with Gasteiger partial charge in [-0.1, -0.05) is 52.7 Å². The van der Waals surface area contributed by atoms with Gasteiger partial charge in [0.05, 0.1) is 0 Å². The van der Waals surface area contributed by atoms with Gasteiger partial charge in [0, 0.05) is 37.0 Å². The summed E-state index contributed by atoms with van der Waals surface area (Å²) in [6.07, 6.45) is 19.5. The molecule has 6 fully saturated rings. The molecular formula is C46H66O7. The molecule has 6 saturated carbocycles. The molecule has 7 nitrogen and oxygen atoms in total. The van der Waals surface area contributed by atoms with Crippen molar-refractivity contribution < 1.29 is 33.4 Å². The van der Waals surface area contributed by atoms with E-state index in [0.29, 0.717) is 60.6 Å². The fraction of sp³-hybridized carbons (Fsp3) is 0.804. The number of ether oxygens (including phenoxy) is 2. The van der Waals surface area contributed by atoms with Crippen molar-refractivity contribution in [3.8, 4) is 0 Å². The summed E-state index contributed by atoms with van der Waals surface area (Å²) < 4.78 is 11.7. The first kappa shape index (κ1) is 38.7. The molecule has 0 aliphatic heterocycles. The lowest BCUT2D eigenvalue weighted by atomic mass is 9.44. The number of carbonyl (C=O) groups excluding carboxylic acids is 5. The van der Waals surface area contributed by atoms with Crippen LogP contribution in [0.25, 0.3) is 0 Å². The number of Topliss-reactive ketones (excluding diaryl/α,β-unsaturated/α-hetero) is 1. The number of esters is 2. The first-order chi connectivity index (χ1) is 24.9. The molecule has 0 aromatic carbocycles. The average Bonchev–Trinajstić information content (AvgIpc) is 3.59. The van der Waals surface area contributed by atoms with Gasteiger partial charge in [0.1, 0.15) is 6.10 Å². The zero-order valence-corrected chi connectivity index (χ0v) is 33.9. The Morgan fingerprint density at radius 3 is 2.04 bits per heavy atom. The summed E-state index contributed by atoms with van der Waals surface area (Å²) in [5, 5.41) is 0. The second-order valence-electron chi connectivity index (χ2n) is 19.9. The Kier molecular flexibility index (Phi) is 9.91. The van der Waals surface area contributed by atoms with Gasteiger partial charge in [-0.3, -0.25) is 24.0 Å². The van der Waals surface area contributed by atoms with Crippen LogP contribution in [-0.2, 0) is 33.4 Å².